The van der Waals surface area contributed by atoms with Crippen molar-refractivity contribution in [1.82, 2.24) is 15.6 Å². The monoisotopic (exact) mass is 512 g/mol. The number of aromatic nitrogens is 1. The van der Waals surface area contributed by atoms with Crippen molar-refractivity contribution < 1.29 is 22.3 Å². The zero-order valence-corrected chi connectivity index (χ0v) is 17.6. The first-order valence-electron chi connectivity index (χ1n) is 8.20. The Labute approximate surface area is 177 Å². The lowest BCUT2D eigenvalue weighted by Gasteiger charge is -2.15. The van der Waals surface area contributed by atoms with Crippen molar-refractivity contribution in [2.24, 2.45) is 4.99 Å². The number of benzene rings is 1. The first-order valence-corrected chi connectivity index (χ1v) is 8.20. The van der Waals surface area contributed by atoms with Crippen LogP contribution in [-0.2, 0) is 19.3 Å². The summed E-state index contributed by atoms with van der Waals surface area (Å²) in [5.41, 5.74) is -0.267. The quantitative estimate of drug-likeness (QED) is 0.265. The summed E-state index contributed by atoms with van der Waals surface area (Å²) in [5.74, 6) is -0.117. The van der Waals surface area contributed by atoms with Gasteiger partial charge in [-0.05, 0) is 30.2 Å². The van der Waals surface area contributed by atoms with E-state index in [-0.39, 0.29) is 42.6 Å². The van der Waals surface area contributed by atoms with Crippen LogP contribution in [0.5, 0.6) is 5.88 Å². The largest absolute Gasteiger partial charge is 0.481 e. The fraction of sp³-hybridized carbons (Fsp3) is 0.333. The van der Waals surface area contributed by atoms with Crippen molar-refractivity contribution in [3.63, 3.8) is 0 Å². The molecule has 1 aromatic carbocycles. The summed E-state index contributed by atoms with van der Waals surface area (Å²) in [6, 6.07) is 6.09. The minimum Gasteiger partial charge on any atom is -0.481 e. The van der Waals surface area contributed by atoms with Crippen LogP contribution in [0, 0.1) is 5.82 Å². The molecule has 0 radical (unpaired) electrons. The third-order valence-electron chi connectivity index (χ3n) is 3.59. The van der Waals surface area contributed by atoms with Crippen molar-refractivity contribution in [2.45, 2.75) is 26.2 Å². The van der Waals surface area contributed by atoms with Gasteiger partial charge in [0.05, 0.1) is 19.2 Å². The molecule has 0 saturated heterocycles. The second-order valence-electron chi connectivity index (χ2n) is 5.56. The van der Waals surface area contributed by atoms with E-state index in [2.05, 4.69) is 20.6 Å². The number of pyridine rings is 1. The molecule has 2 N–H and O–H groups in total. The van der Waals surface area contributed by atoms with Crippen LogP contribution in [0.15, 0.2) is 41.5 Å². The van der Waals surface area contributed by atoms with Gasteiger partial charge in [-0.3, -0.25) is 0 Å². The standard InChI is InChI=1S/C18H20F4N4O.HI/c1-3-23-17(25-10-12-4-7-16(27-2)24-9-12)26-11-13-5-6-14(19)8-15(13)18(20,21)22;/h4-9H,3,10-11H2,1-2H3,(H2,23,25,26);1H. The lowest BCUT2D eigenvalue weighted by molar-refractivity contribution is -0.138. The van der Waals surface area contributed by atoms with Crippen molar-refractivity contribution in [1.29, 1.82) is 0 Å². The Balaban J connectivity index is 0.00000392. The predicted molar refractivity (Wildman–Crippen MR) is 109 cm³/mol. The van der Waals surface area contributed by atoms with E-state index < -0.39 is 17.6 Å². The number of aliphatic imine (C=N–C) groups is 1. The summed E-state index contributed by atoms with van der Waals surface area (Å²) in [7, 11) is 1.51. The van der Waals surface area contributed by atoms with Crippen LogP contribution < -0.4 is 15.4 Å². The predicted octanol–water partition coefficient (Wildman–Crippen LogP) is 4.12. The average molecular weight is 512 g/mol. The van der Waals surface area contributed by atoms with Gasteiger partial charge in [-0.2, -0.15) is 13.2 Å². The summed E-state index contributed by atoms with van der Waals surface area (Å²) in [4.78, 5) is 8.39. The average Bonchev–Trinajstić information content (AvgIpc) is 2.64. The number of rotatable bonds is 6. The van der Waals surface area contributed by atoms with Gasteiger partial charge in [0.15, 0.2) is 5.96 Å². The fourth-order valence-corrected chi connectivity index (χ4v) is 2.28. The molecule has 0 saturated carbocycles. The fourth-order valence-electron chi connectivity index (χ4n) is 2.28. The second-order valence-corrected chi connectivity index (χ2v) is 5.56. The third kappa shape index (κ3) is 7.13. The zero-order chi connectivity index (χ0) is 19.9. The number of hydrogen-bond donors (Lipinski definition) is 2. The van der Waals surface area contributed by atoms with Crippen molar-refractivity contribution in [3.8, 4) is 5.88 Å². The molecule has 1 heterocycles. The highest BCUT2D eigenvalue weighted by Gasteiger charge is 2.33. The number of hydrogen-bond acceptors (Lipinski definition) is 3. The SMILES string of the molecule is CCNC(=NCc1ccc(OC)nc1)NCc1ccc(F)cc1C(F)(F)F.I. The van der Waals surface area contributed by atoms with E-state index in [0.717, 1.165) is 17.7 Å². The minimum atomic E-state index is -4.64. The smallest absolute Gasteiger partial charge is 0.416 e. The van der Waals surface area contributed by atoms with Crippen LogP contribution in [0.2, 0.25) is 0 Å². The van der Waals surface area contributed by atoms with E-state index in [0.29, 0.717) is 24.5 Å². The number of methoxy groups -OCH3 is 1. The molecule has 0 bridgehead atoms. The maximum absolute atomic E-state index is 13.2. The maximum atomic E-state index is 13.2. The molecule has 28 heavy (non-hydrogen) atoms. The van der Waals surface area contributed by atoms with E-state index in [1.165, 1.54) is 7.11 Å². The van der Waals surface area contributed by atoms with E-state index >= 15 is 0 Å². The third-order valence-corrected chi connectivity index (χ3v) is 3.59. The van der Waals surface area contributed by atoms with Gasteiger partial charge < -0.3 is 15.4 Å². The Kier molecular flexibility index (Phi) is 9.42. The van der Waals surface area contributed by atoms with Gasteiger partial charge in [-0.15, -0.1) is 24.0 Å². The van der Waals surface area contributed by atoms with Crippen LogP contribution in [-0.4, -0.2) is 24.6 Å². The van der Waals surface area contributed by atoms with Gasteiger partial charge in [-0.1, -0.05) is 12.1 Å². The summed E-state index contributed by atoms with van der Waals surface area (Å²) < 4.78 is 57.4. The summed E-state index contributed by atoms with van der Waals surface area (Å²) >= 11 is 0. The normalized spacial score (nSPS) is 11.6. The lowest BCUT2D eigenvalue weighted by Crippen LogP contribution is -2.37. The van der Waals surface area contributed by atoms with Gasteiger partial charge >= 0.3 is 6.18 Å². The molecule has 0 aliphatic rings. The van der Waals surface area contributed by atoms with Crippen LogP contribution in [0.1, 0.15) is 23.6 Å². The highest BCUT2D eigenvalue weighted by atomic mass is 127. The molecule has 154 valence electrons. The number of alkyl halides is 3. The van der Waals surface area contributed by atoms with E-state index in [4.69, 9.17) is 4.74 Å². The van der Waals surface area contributed by atoms with E-state index in [1.807, 2.05) is 6.92 Å². The molecule has 0 aliphatic heterocycles. The minimum absolute atomic E-state index is 0. The van der Waals surface area contributed by atoms with Crippen LogP contribution in [0.25, 0.3) is 0 Å². The summed E-state index contributed by atoms with van der Waals surface area (Å²) in [6.07, 6.45) is -3.03. The molecule has 2 rings (SSSR count). The maximum Gasteiger partial charge on any atom is 0.416 e. The molecule has 5 nitrogen and oxygen atoms in total. The van der Waals surface area contributed by atoms with Crippen molar-refractivity contribution >= 4 is 29.9 Å². The van der Waals surface area contributed by atoms with Crippen LogP contribution in [0.3, 0.4) is 0 Å². The van der Waals surface area contributed by atoms with Gasteiger partial charge in [0.25, 0.3) is 0 Å². The van der Waals surface area contributed by atoms with Gasteiger partial charge in [0, 0.05) is 25.4 Å². The van der Waals surface area contributed by atoms with Crippen LogP contribution >= 0.6 is 24.0 Å². The lowest BCUT2D eigenvalue weighted by atomic mass is 10.1. The number of nitrogens with zero attached hydrogens (tertiary/aromatic N) is 2. The first kappa shape index (κ1) is 23.9. The molecular weight excluding hydrogens is 491 g/mol. The molecule has 0 atom stereocenters. The van der Waals surface area contributed by atoms with Crippen LogP contribution in [0.4, 0.5) is 17.6 Å². The Morgan fingerprint density at radius 1 is 1.18 bits per heavy atom. The molecule has 0 spiro atoms. The molecule has 0 amide bonds. The Morgan fingerprint density at radius 3 is 2.50 bits per heavy atom. The Morgan fingerprint density at radius 2 is 1.93 bits per heavy atom. The summed E-state index contributed by atoms with van der Waals surface area (Å²) in [6.45, 7) is 2.50. The summed E-state index contributed by atoms with van der Waals surface area (Å²) in [5, 5.41) is 5.79. The molecule has 10 heteroatoms. The molecular formula is C18H21F4IN4O. The molecule has 2 aromatic rings. The highest BCUT2D eigenvalue weighted by Crippen LogP contribution is 2.32. The van der Waals surface area contributed by atoms with E-state index in [1.54, 1.807) is 18.3 Å². The zero-order valence-electron chi connectivity index (χ0n) is 15.3. The highest BCUT2D eigenvalue weighted by molar-refractivity contribution is 14.0. The number of nitrogens with one attached hydrogen (secondary N) is 2. The van der Waals surface area contributed by atoms with Gasteiger partial charge in [0.1, 0.15) is 5.82 Å². The first-order chi connectivity index (χ1) is 12.8. The number of ether oxygens (including phenoxy) is 1. The van der Waals surface area contributed by atoms with Gasteiger partial charge in [-0.25, -0.2) is 14.4 Å². The molecule has 0 aliphatic carbocycles. The molecule has 0 unspecified atom stereocenters. The second kappa shape index (κ2) is 11.0. The topological polar surface area (TPSA) is 58.5 Å². The molecule has 0 fully saturated rings. The Hall–Kier alpha value is -2.11. The number of halogens is 5. The molecule has 1 aromatic heterocycles. The van der Waals surface area contributed by atoms with Gasteiger partial charge in [0.2, 0.25) is 5.88 Å². The van der Waals surface area contributed by atoms with Crippen molar-refractivity contribution in [2.75, 3.05) is 13.7 Å². The Bertz CT molecular complexity index is 782. The number of guanidine groups is 1. The van der Waals surface area contributed by atoms with Crippen molar-refractivity contribution in [3.05, 3.63) is 59.0 Å². The van der Waals surface area contributed by atoms with E-state index in [9.17, 15) is 17.6 Å².